The number of aromatic nitrogens is 2. The van der Waals surface area contributed by atoms with Crippen LogP contribution in [-0.4, -0.2) is 67.6 Å². The number of anilines is 2. The summed E-state index contributed by atoms with van der Waals surface area (Å²) in [4.78, 5) is 19.4. The highest BCUT2D eigenvalue weighted by Crippen LogP contribution is 2.40. The van der Waals surface area contributed by atoms with E-state index in [-0.39, 0.29) is 0 Å². The summed E-state index contributed by atoms with van der Waals surface area (Å²) >= 11 is 1.91. The summed E-state index contributed by atoms with van der Waals surface area (Å²) < 4.78 is 5.55. The van der Waals surface area contributed by atoms with Crippen molar-refractivity contribution < 1.29 is 14.7 Å². The maximum absolute atomic E-state index is 9.62. The Labute approximate surface area is 198 Å². The van der Waals surface area contributed by atoms with Gasteiger partial charge in [-0.25, -0.2) is 9.97 Å². The van der Waals surface area contributed by atoms with Gasteiger partial charge in [0.05, 0.1) is 18.6 Å². The summed E-state index contributed by atoms with van der Waals surface area (Å²) in [6.45, 7) is 8.39. The Hall–Kier alpha value is -2.42. The first-order valence-corrected chi connectivity index (χ1v) is 13.1. The van der Waals surface area contributed by atoms with E-state index in [9.17, 15) is 5.11 Å². The maximum atomic E-state index is 9.62. The highest BCUT2D eigenvalue weighted by Gasteiger charge is 2.27. The third kappa shape index (κ3) is 4.27. The van der Waals surface area contributed by atoms with Crippen molar-refractivity contribution in [1.82, 2.24) is 9.97 Å². The molecule has 2 saturated heterocycles. The summed E-state index contributed by atoms with van der Waals surface area (Å²) in [5.74, 6) is 2.46. The molecule has 0 saturated carbocycles. The van der Waals surface area contributed by atoms with Crippen molar-refractivity contribution in [2.75, 3.05) is 62.3 Å². The van der Waals surface area contributed by atoms with Crippen LogP contribution in [0.4, 0.5) is 11.5 Å². The van der Waals surface area contributed by atoms with E-state index in [0.717, 1.165) is 77.1 Å². The van der Waals surface area contributed by atoms with Crippen molar-refractivity contribution >= 4 is 33.1 Å². The lowest BCUT2D eigenvalue weighted by Gasteiger charge is -2.37. The molecule has 2 aromatic heterocycles. The summed E-state index contributed by atoms with van der Waals surface area (Å²) in [6.07, 6.45) is 4.91. The number of nitrogens with zero attached hydrogens (tertiary/aromatic N) is 4. The van der Waals surface area contributed by atoms with Gasteiger partial charge in [0.25, 0.3) is 0 Å². The van der Waals surface area contributed by atoms with Gasteiger partial charge in [-0.15, -0.1) is 11.3 Å². The van der Waals surface area contributed by atoms with Crippen LogP contribution < -0.4 is 14.7 Å². The number of fused-ring (bicyclic) bond motifs is 3. The van der Waals surface area contributed by atoms with Crippen molar-refractivity contribution in [3.63, 3.8) is 0 Å². The molecule has 33 heavy (non-hydrogen) atoms. The summed E-state index contributed by atoms with van der Waals surface area (Å²) in [5.41, 5.74) is 2.69. The number of quaternary nitrogens is 1. The molecule has 1 aliphatic carbocycles. The molecule has 3 aliphatic rings. The molecule has 174 valence electrons. The number of nitrogens with one attached hydrogen (secondary N) is 1. The molecule has 3 aromatic rings. The Morgan fingerprint density at radius 3 is 2.45 bits per heavy atom. The molecular weight excluding hydrogens is 434 g/mol. The number of rotatable bonds is 4. The highest BCUT2D eigenvalue weighted by molar-refractivity contribution is 7.19. The molecule has 6 rings (SSSR count). The Balaban J connectivity index is 1.30. The van der Waals surface area contributed by atoms with Crippen LogP contribution in [0.15, 0.2) is 24.3 Å². The quantitative estimate of drug-likeness (QED) is 0.613. The lowest BCUT2D eigenvalue weighted by atomic mass is 9.97. The van der Waals surface area contributed by atoms with Crippen molar-refractivity contribution in [2.45, 2.75) is 32.2 Å². The Bertz CT molecular complexity index is 1120. The molecule has 8 heteroatoms. The van der Waals surface area contributed by atoms with Crippen LogP contribution in [0.25, 0.3) is 10.2 Å². The zero-order valence-electron chi connectivity index (χ0n) is 19.1. The van der Waals surface area contributed by atoms with E-state index in [4.69, 9.17) is 14.7 Å². The average Bonchev–Trinajstić information content (AvgIpc) is 3.23. The van der Waals surface area contributed by atoms with Crippen LogP contribution in [0.2, 0.25) is 0 Å². The monoisotopic (exact) mass is 466 g/mol. The number of hydrogen-bond acceptors (Lipinski definition) is 7. The van der Waals surface area contributed by atoms with E-state index in [1.165, 1.54) is 50.5 Å². The molecule has 2 fully saturated rings. The largest absolute Gasteiger partial charge is 0.508 e. The lowest BCUT2D eigenvalue weighted by molar-refractivity contribution is -0.922. The van der Waals surface area contributed by atoms with Gasteiger partial charge in [-0.2, -0.15) is 0 Å². The van der Waals surface area contributed by atoms with Gasteiger partial charge >= 0.3 is 0 Å². The molecule has 0 amide bonds. The molecular formula is C25H32N5O2S+. The van der Waals surface area contributed by atoms with Gasteiger partial charge in [-0.3, -0.25) is 0 Å². The number of aromatic hydroxyl groups is 1. The van der Waals surface area contributed by atoms with Gasteiger partial charge < -0.3 is 24.5 Å². The summed E-state index contributed by atoms with van der Waals surface area (Å²) in [6, 6.07) is 7.56. The van der Waals surface area contributed by atoms with Gasteiger partial charge in [0.2, 0.25) is 0 Å². The number of aryl methyl sites for hydroxylation is 2. The fourth-order valence-corrected chi connectivity index (χ4v) is 6.66. The summed E-state index contributed by atoms with van der Waals surface area (Å²) in [7, 11) is 0. The smallest absolute Gasteiger partial charge is 0.187 e. The molecule has 0 unspecified atom stereocenters. The van der Waals surface area contributed by atoms with Gasteiger partial charge in [0.15, 0.2) is 5.82 Å². The van der Waals surface area contributed by atoms with E-state index in [1.807, 2.05) is 23.5 Å². The second-order valence-corrected chi connectivity index (χ2v) is 10.5. The van der Waals surface area contributed by atoms with Gasteiger partial charge in [-0.1, -0.05) is 0 Å². The average molecular weight is 467 g/mol. The topological polar surface area (TPSA) is 66.2 Å². The molecule has 7 nitrogen and oxygen atoms in total. The van der Waals surface area contributed by atoms with E-state index >= 15 is 0 Å². The Morgan fingerprint density at radius 2 is 1.67 bits per heavy atom. The lowest BCUT2D eigenvalue weighted by Crippen LogP contribution is -3.12. The number of phenolic OH excluding ortho intramolecular Hbond substituents is 1. The van der Waals surface area contributed by atoms with Crippen molar-refractivity contribution in [1.29, 1.82) is 0 Å². The minimum absolute atomic E-state index is 0.318. The minimum atomic E-state index is 0.318. The zero-order valence-corrected chi connectivity index (χ0v) is 19.9. The van der Waals surface area contributed by atoms with E-state index in [0.29, 0.717) is 5.75 Å². The van der Waals surface area contributed by atoms with Crippen LogP contribution in [-0.2, 0) is 24.1 Å². The van der Waals surface area contributed by atoms with Crippen LogP contribution in [0.5, 0.6) is 5.75 Å². The van der Waals surface area contributed by atoms with Crippen LogP contribution in [0, 0.1) is 0 Å². The third-order valence-corrected chi connectivity index (χ3v) is 8.43. The predicted molar refractivity (Wildman–Crippen MR) is 132 cm³/mol. The molecule has 1 aromatic carbocycles. The number of morpholine rings is 1. The second-order valence-electron chi connectivity index (χ2n) is 9.38. The SMILES string of the molecule is Oc1ccc(N2CCN(c3nc(C[NH+]4CCOCC4)nc4sc5c(c34)CCCC5)CC2)cc1. The van der Waals surface area contributed by atoms with Crippen molar-refractivity contribution in [2.24, 2.45) is 0 Å². The minimum Gasteiger partial charge on any atom is -0.508 e. The van der Waals surface area contributed by atoms with Gasteiger partial charge in [0.1, 0.15) is 36.0 Å². The van der Waals surface area contributed by atoms with Crippen molar-refractivity contribution in [3.8, 4) is 5.75 Å². The number of thiophene rings is 1. The summed E-state index contributed by atoms with van der Waals surface area (Å²) in [5, 5.41) is 10.9. The molecule has 0 atom stereocenters. The second kappa shape index (κ2) is 9.08. The number of phenols is 1. The van der Waals surface area contributed by atoms with E-state index in [1.54, 1.807) is 12.1 Å². The number of ether oxygens (including phenoxy) is 1. The van der Waals surface area contributed by atoms with Gasteiger partial charge in [0, 0.05) is 36.7 Å². The number of hydrogen-bond donors (Lipinski definition) is 2. The first-order valence-electron chi connectivity index (χ1n) is 12.3. The number of benzene rings is 1. The molecule has 0 spiro atoms. The van der Waals surface area contributed by atoms with Crippen LogP contribution in [0.3, 0.4) is 0 Å². The maximum Gasteiger partial charge on any atom is 0.187 e. The normalized spacial score (nSPS) is 19.8. The first-order chi connectivity index (χ1) is 16.2. The standard InChI is InChI=1S/C25H31N5O2S/c31-19-7-5-18(6-8-19)29-9-11-30(12-10-29)24-23-20-3-1-2-4-21(20)33-25(23)27-22(26-24)17-28-13-15-32-16-14-28/h5-8,31H,1-4,9-17H2/p+1. The van der Waals surface area contributed by atoms with Gasteiger partial charge in [-0.05, 0) is 55.5 Å². The fraction of sp³-hybridized carbons (Fsp3) is 0.520. The molecule has 4 heterocycles. The molecule has 0 radical (unpaired) electrons. The Kier molecular flexibility index (Phi) is 5.82. The van der Waals surface area contributed by atoms with Crippen LogP contribution >= 0.6 is 11.3 Å². The van der Waals surface area contributed by atoms with E-state index < -0.39 is 0 Å². The third-order valence-electron chi connectivity index (χ3n) is 7.24. The molecule has 0 bridgehead atoms. The molecule has 2 N–H and O–H groups in total. The van der Waals surface area contributed by atoms with Crippen molar-refractivity contribution in [3.05, 3.63) is 40.5 Å². The first kappa shape index (κ1) is 21.1. The predicted octanol–water partition coefficient (Wildman–Crippen LogP) is 2.02. The zero-order chi connectivity index (χ0) is 22.2. The van der Waals surface area contributed by atoms with Crippen LogP contribution in [0.1, 0.15) is 29.1 Å². The van der Waals surface area contributed by atoms with E-state index in [2.05, 4.69) is 9.80 Å². The number of piperazine rings is 1. The fourth-order valence-electron chi connectivity index (χ4n) is 5.39. The molecule has 2 aliphatic heterocycles. The highest BCUT2D eigenvalue weighted by atomic mass is 32.1. The Morgan fingerprint density at radius 1 is 0.939 bits per heavy atom.